The second-order valence-corrected chi connectivity index (χ2v) is 13.7. The number of nitrogen functional groups attached to an aromatic ring is 1. The first-order valence-corrected chi connectivity index (χ1v) is 19.9. The van der Waals surface area contributed by atoms with Crippen molar-refractivity contribution in [2.75, 3.05) is 13.2 Å². The van der Waals surface area contributed by atoms with E-state index in [-0.39, 0.29) is 5.84 Å². The van der Waals surface area contributed by atoms with Gasteiger partial charge >= 0.3 is 0 Å². The van der Waals surface area contributed by atoms with Gasteiger partial charge in [0.05, 0.1) is 13.2 Å². The zero-order chi connectivity index (χ0) is 32.5. The fraction of sp³-hybridized carbons (Fsp3) is 0.829. The van der Waals surface area contributed by atoms with Gasteiger partial charge in [0.15, 0.2) is 0 Å². The minimum absolute atomic E-state index is 0.0595. The van der Waals surface area contributed by atoms with Gasteiger partial charge in [0.2, 0.25) is 0 Å². The molecule has 1 rings (SSSR count). The van der Waals surface area contributed by atoms with Crippen LogP contribution in [-0.2, 0) is 0 Å². The Kier molecular flexibility index (Phi) is 29.6. The van der Waals surface area contributed by atoms with Gasteiger partial charge in [0.25, 0.3) is 0 Å². The lowest BCUT2D eigenvalue weighted by Crippen LogP contribution is -2.12. The van der Waals surface area contributed by atoms with Gasteiger partial charge in [-0.15, -0.1) is 0 Å². The molecule has 0 heterocycles. The van der Waals surface area contributed by atoms with Crippen LogP contribution in [0.15, 0.2) is 18.2 Å². The molecule has 262 valence electrons. The molecular formula is C41H76N2O2. The van der Waals surface area contributed by atoms with Crippen molar-refractivity contribution in [1.82, 2.24) is 0 Å². The minimum Gasteiger partial charge on any atom is -0.493 e. The van der Waals surface area contributed by atoms with E-state index < -0.39 is 0 Å². The van der Waals surface area contributed by atoms with Crippen LogP contribution in [0.2, 0.25) is 0 Å². The van der Waals surface area contributed by atoms with Crippen LogP contribution in [0.3, 0.4) is 0 Å². The zero-order valence-electron chi connectivity index (χ0n) is 30.3. The monoisotopic (exact) mass is 629 g/mol. The Balaban J connectivity index is 2.03. The first-order valence-electron chi connectivity index (χ1n) is 19.9. The topological polar surface area (TPSA) is 68.3 Å². The molecule has 4 nitrogen and oxygen atoms in total. The quantitative estimate of drug-likeness (QED) is 0.0446. The molecule has 4 heteroatoms. The summed E-state index contributed by atoms with van der Waals surface area (Å²) < 4.78 is 12.1. The van der Waals surface area contributed by atoms with Crippen molar-refractivity contribution in [3.05, 3.63) is 23.8 Å². The van der Waals surface area contributed by atoms with Crippen molar-refractivity contribution in [2.24, 2.45) is 5.73 Å². The minimum atomic E-state index is 0.0595. The molecule has 0 radical (unpaired) electrons. The summed E-state index contributed by atoms with van der Waals surface area (Å²) in [4.78, 5) is 0. The van der Waals surface area contributed by atoms with E-state index in [1.165, 1.54) is 180 Å². The number of hydrogen-bond acceptors (Lipinski definition) is 3. The predicted octanol–water partition coefficient (Wildman–Crippen LogP) is 13.5. The van der Waals surface area contributed by atoms with Crippen LogP contribution >= 0.6 is 0 Å². The number of benzene rings is 1. The molecule has 0 saturated carbocycles. The van der Waals surface area contributed by atoms with Crippen molar-refractivity contribution >= 4 is 5.84 Å². The van der Waals surface area contributed by atoms with Crippen molar-refractivity contribution in [3.8, 4) is 11.5 Å². The highest BCUT2D eigenvalue weighted by Crippen LogP contribution is 2.24. The molecular weight excluding hydrogens is 552 g/mol. The second-order valence-electron chi connectivity index (χ2n) is 13.7. The van der Waals surface area contributed by atoms with Crippen LogP contribution in [-0.4, -0.2) is 19.0 Å². The summed E-state index contributed by atoms with van der Waals surface area (Å²) in [5, 5.41) is 7.90. The van der Waals surface area contributed by atoms with Crippen LogP contribution in [0.4, 0.5) is 0 Å². The molecule has 0 fully saturated rings. The summed E-state index contributed by atoms with van der Waals surface area (Å²) in [5.74, 6) is 1.59. The SMILES string of the molecule is CCCCCCCCCCCCCCCCCOc1cc(OCCCCCCCCCCCCCCCCC)cc(C(=N)N)c1. The van der Waals surface area contributed by atoms with E-state index in [2.05, 4.69) is 13.8 Å². The molecule has 0 spiro atoms. The summed E-state index contributed by atoms with van der Waals surface area (Å²) in [7, 11) is 0. The van der Waals surface area contributed by atoms with E-state index in [4.69, 9.17) is 20.6 Å². The predicted molar refractivity (Wildman–Crippen MR) is 198 cm³/mol. The Morgan fingerprint density at radius 1 is 0.422 bits per heavy atom. The van der Waals surface area contributed by atoms with Gasteiger partial charge in [0, 0.05) is 11.6 Å². The van der Waals surface area contributed by atoms with Gasteiger partial charge in [-0.05, 0) is 25.0 Å². The third-order valence-electron chi connectivity index (χ3n) is 9.22. The average molecular weight is 629 g/mol. The molecule has 0 aliphatic carbocycles. The van der Waals surface area contributed by atoms with Gasteiger partial charge < -0.3 is 15.2 Å². The molecule has 0 aromatic heterocycles. The fourth-order valence-corrected chi connectivity index (χ4v) is 6.22. The van der Waals surface area contributed by atoms with Crippen molar-refractivity contribution in [3.63, 3.8) is 0 Å². The van der Waals surface area contributed by atoms with Crippen molar-refractivity contribution in [1.29, 1.82) is 5.41 Å². The van der Waals surface area contributed by atoms with Gasteiger partial charge in [-0.2, -0.15) is 0 Å². The first kappa shape index (κ1) is 41.3. The lowest BCUT2D eigenvalue weighted by Gasteiger charge is -2.12. The van der Waals surface area contributed by atoms with Crippen LogP contribution in [0.5, 0.6) is 11.5 Å². The summed E-state index contributed by atoms with van der Waals surface area (Å²) in [6, 6.07) is 5.70. The largest absolute Gasteiger partial charge is 0.493 e. The van der Waals surface area contributed by atoms with E-state index in [1.807, 2.05) is 18.2 Å². The molecule has 45 heavy (non-hydrogen) atoms. The summed E-state index contributed by atoms with van der Waals surface area (Å²) >= 11 is 0. The molecule has 0 aliphatic rings. The maximum atomic E-state index is 7.90. The molecule has 1 aromatic carbocycles. The highest BCUT2D eigenvalue weighted by Gasteiger charge is 2.06. The third-order valence-corrected chi connectivity index (χ3v) is 9.22. The maximum absolute atomic E-state index is 7.90. The van der Waals surface area contributed by atoms with E-state index in [0.717, 1.165) is 24.3 Å². The van der Waals surface area contributed by atoms with Gasteiger partial charge in [-0.1, -0.05) is 194 Å². The van der Waals surface area contributed by atoms with E-state index in [1.54, 1.807) is 0 Å². The Hall–Kier alpha value is -1.71. The molecule has 0 atom stereocenters. The summed E-state index contributed by atoms with van der Waals surface area (Å²) in [6.45, 7) is 5.99. The number of nitrogens with one attached hydrogen (secondary N) is 1. The van der Waals surface area contributed by atoms with E-state index >= 15 is 0 Å². The Morgan fingerprint density at radius 3 is 0.911 bits per heavy atom. The molecule has 0 unspecified atom stereocenters. The molecule has 0 bridgehead atoms. The number of amidine groups is 1. The molecule has 0 aliphatic heterocycles. The number of nitrogens with two attached hydrogens (primary N) is 1. The van der Waals surface area contributed by atoms with E-state index in [9.17, 15) is 0 Å². The summed E-state index contributed by atoms with van der Waals surface area (Å²) in [6.07, 6.45) is 40.9. The second kappa shape index (κ2) is 32.2. The van der Waals surface area contributed by atoms with Crippen LogP contribution in [0.1, 0.15) is 212 Å². The van der Waals surface area contributed by atoms with Gasteiger partial charge in [-0.3, -0.25) is 5.41 Å². The highest BCUT2D eigenvalue weighted by atomic mass is 16.5. The zero-order valence-corrected chi connectivity index (χ0v) is 30.3. The molecule has 3 N–H and O–H groups in total. The van der Waals surface area contributed by atoms with Crippen molar-refractivity contribution in [2.45, 2.75) is 206 Å². The smallest absolute Gasteiger partial charge is 0.123 e. The number of ether oxygens (including phenoxy) is 2. The van der Waals surface area contributed by atoms with Crippen LogP contribution in [0.25, 0.3) is 0 Å². The van der Waals surface area contributed by atoms with Gasteiger partial charge in [0.1, 0.15) is 17.3 Å². The lowest BCUT2D eigenvalue weighted by atomic mass is 10.0. The summed E-state index contributed by atoms with van der Waals surface area (Å²) in [5.41, 5.74) is 6.48. The Morgan fingerprint density at radius 2 is 0.667 bits per heavy atom. The fourth-order valence-electron chi connectivity index (χ4n) is 6.22. The lowest BCUT2D eigenvalue weighted by molar-refractivity contribution is 0.289. The van der Waals surface area contributed by atoms with Crippen LogP contribution in [0, 0.1) is 5.41 Å². The highest BCUT2D eigenvalue weighted by molar-refractivity contribution is 5.95. The number of hydrogen-bond donors (Lipinski definition) is 2. The van der Waals surface area contributed by atoms with E-state index in [0.29, 0.717) is 18.8 Å². The molecule has 0 amide bonds. The average Bonchev–Trinajstić information content (AvgIpc) is 3.04. The number of unbranched alkanes of at least 4 members (excludes halogenated alkanes) is 28. The Labute approximate surface area is 280 Å². The van der Waals surface area contributed by atoms with Crippen molar-refractivity contribution < 1.29 is 9.47 Å². The molecule has 1 aromatic rings. The van der Waals surface area contributed by atoms with Crippen LogP contribution < -0.4 is 15.2 Å². The van der Waals surface area contributed by atoms with Gasteiger partial charge in [-0.25, -0.2) is 0 Å². The first-order chi connectivity index (χ1) is 22.2. The maximum Gasteiger partial charge on any atom is 0.123 e. The standard InChI is InChI=1S/C41H76N2O2/c1-3-5-7-9-11-13-15-17-19-21-23-25-27-29-31-33-44-39-35-38(41(42)43)36-40(37-39)45-34-32-30-28-26-24-22-20-18-16-14-12-10-8-6-4-2/h35-37H,3-34H2,1-2H3,(H3,42,43). The number of rotatable bonds is 35. The normalized spacial score (nSPS) is 11.2. The third kappa shape index (κ3) is 27.1. The Bertz CT molecular complexity index is 727. The molecule has 0 saturated heterocycles.